The molecule has 0 bridgehead atoms. The third-order valence-electron chi connectivity index (χ3n) is 5.43. The molecule has 1 aromatic heterocycles. The highest BCUT2D eigenvalue weighted by Gasteiger charge is 2.38. The highest BCUT2D eigenvalue weighted by atomic mass is 32.2. The Kier molecular flexibility index (Phi) is 4.60. The van der Waals surface area contributed by atoms with Crippen LogP contribution in [-0.4, -0.2) is 35.6 Å². The number of hydrogen-bond donors (Lipinski definition) is 1. The van der Waals surface area contributed by atoms with Gasteiger partial charge in [-0.25, -0.2) is 9.07 Å². The maximum Gasteiger partial charge on any atom is 0.280 e. The van der Waals surface area contributed by atoms with Gasteiger partial charge >= 0.3 is 0 Å². The zero-order valence-electron chi connectivity index (χ0n) is 15.7. The van der Waals surface area contributed by atoms with Crippen molar-refractivity contribution in [1.29, 1.82) is 0 Å². The number of nitrogens with zero attached hydrogens (tertiary/aromatic N) is 3. The summed E-state index contributed by atoms with van der Waals surface area (Å²) in [4.78, 5) is 0. The maximum atomic E-state index is 13.7. The molecule has 0 saturated carbocycles. The molecule has 2 aromatic rings. The van der Waals surface area contributed by atoms with Crippen molar-refractivity contribution in [2.24, 2.45) is 5.41 Å². The van der Waals surface area contributed by atoms with Gasteiger partial charge in [-0.2, -0.15) is 22.5 Å². The molecule has 27 heavy (non-hydrogen) atoms. The Morgan fingerprint density at radius 2 is 2.00 bits per heavy atom. The van der Waals surface area contributed by atoms with E-state index >= 15 is 0 Å². The van der Waals surface area contributed by atoms with Gasteiger partial charge in [0.25, 0.3) is 10.2 Å². The van der Waals surface area contributed by atoms with Crippen LogP contribution in [-0.2, 0) is 16.6 Å². The highest BCUT2D eigenvalue weighted by molar-refractivity contribution is 7.87. The zero-order valence-corrected chi connectivity index (χ0v) is 16.5. The Bertz CT molecular complexity index is 948. The minimum atomic E-state index is -3.53. The van der Waals surface area contributed by atoms with Crippen LogP contribution in [0.5, 0.6) is 0 Å². The van der Waals surface area contributed by atoms with Gasteiger partial charge in [-0.1, -0.05) is 19.9 Å². The van der Waals surface area contributed by atoms with Crippen LogP contribution in [0.15, 0.2) is 30.5 Å². The predicted octanol–water partition coefficient (Wildman–Crippen LogP) is 2.96. The van der Waals surface area contributed by atoms with E-state index < -0.39 is 10.2 Å². The summed E-state index contributed by atoms with van der Waals surface area (Å²) < 4.78 is 45.4. The lowest BCUT2D eigenvalue weighted by atomic mass is 9.74. The molecule has 2 heterocycles. The molecule has 0 spiro atoms. The van der Waals surface area contributed by atoms with Crippen LogP contribution >= 0.6 is 0 Å². The molecule has 2 aliphatic rings. The third kappa shape index (κ3) is 3.66. The fourth-order valence-electron chi connectivity index (χ4n) is 4.16. The predicted molar refractivity (Wildman–Crippen MR) is 101 cm³/mol. The molecular formula is C19H25FN4O2S. The van der Waals surface area contributed by atoms with Crippen molar-refractivity contribution in [1.82, 2.24) is 18.8 Å². The molecule has 1 aromatic carbocycles. The van der Waals surface area contributed by atoms with Gasteiger partial charge in [0.1, 0.15) is 5.82 Å². The second kappa shape index (κ2) is 6.68. The molecule has 1 aliphatic carbocycles. The molecule has 0 amide bonds. The molecular weight excluding hydrogens is 367 g/mol. The topological polar surface area (TPSA) is 67.2 Å². The van der Waals surface area contributed by atoms with E-state index in [0.717, 1.165) is 30.5 Å². The Hall–Kier alpha value is -1.77. The third-order valence-corrected chi connectivity index (χ3v) is 7.06. The summed E-state index contributed by atoms with van der Waals surface area (Å²) in [6.07, 6.45) is 4.97. The number of halogens is 1. The normalized spacial score (nSPS) is 22.7. The van der Waals surface area contributed by atoms with Crippen LogP contribution in [0.25, 0.3) is 5.69 Å². The molecule has 8 heteroatoms. The van der Waals surface area contributed by atoms with E-state index in [1.165, 1.54) is 16.4 Å². The summed E-state index contributed by atoms with van der Waals surface area (Å²) >= 11 is 0. The van der Waals surface area contributed by atoms with Gasteiger partial charge in [0.2, 0.25) is 0 Å². The lowest BCUT2D eigenvalue weighted by Crippen LogP contribution is -2.43. The SMILES string of the molecule is CC1(C)Cc2c(cnn2-c2cccc(F)c2)[C@@H](NS(=O)(=O)N2CCCC2)C1. The Balaban J connectivity index is 1.70. The molecule has 4 rings (SSSR count). The molecule has 1 saturated heterocycles. The molecule has 1 atom stereocenters. The lowest BCUT2D eigenvalue weighted by molar-refractivity contribution is 0.266. The molecule has 1 fully saturated rings. The summed E-state index contributed by atoms with van der Waals surface area (Å²) in [5.74, 6) is -0.321. The smallest absolute Gasteiger partial charge is 0.237 e. The minimum Gasteiger partial charge on any atom is -0.237 e. The van der Waals surface area contributed by atoms with Crippen LogP contribution in [0.4, 0.5) is 4.39 Å². The molecule has 6 nitrogen and oxygen atoms in total. The highest BCUT2D eigenvalue weighted by Crippen LogP contribution is 2.41. The van der Waals surface area contributed by atoms with Crippen molar-refractivity contribution in [2.75, 3.05) is 13.1 Å². The first-order chi connectivity index (χ1) is 12.8. The van der Waals surface area contributed by atoms with Crippen LogP contribution < -0.4 is 4.72 Å². The van der Waals surface area contributed by atoms with E-state index in [4.69, 9.17) is 0 Å². The van der Waals surface area contributed by atoms with E-state index in [2.05, 4.69) is 23.7 Å². The van der Waals surface area contributed by atoms with Crippen molar-refractivity contribution >= 4 is 10.2 Å². The molecule has 0 unspecified atom stereocenters. The van der Waals surface area contributed by atoms with Gasteiger partial charge in [-0.15, -0.1) is 0 Å². The molecule has 1 aliphatic heterocycles. The Labute approximate surface area is 159 Å². The monoisotopic (exact) mass is 392 g/mol. The van der Waals surface area contributed by atoms with Gasteiger partial charge in [0, 0.05) is 24.3 Å². The van der Waals surface area contributed by atoms with Crippen molar-refractivity contribution in [3.63, 3.8) is 0 Å². The van der Waals surface area contributed by atoms with Crippen molar-refractivity contribution in [2.45, 2.75) is 45.6 Å². The van der Waals surface area contributed by atoms with Crippen LogP contribution in [0, 0.1) is 11.2 Å². The summed E-state index contributed by atoms with van der Waals surface area (Å²) in [5.41, 5.74) is 2.36. The van der Waals surface area contributed by atoms with E-state index in [1.54, 1.807) is 23.0 Å². The number of benzene rings is 1. The van der Waals surface area contributed by atoms with Gasteiger partial charge < -0.3 is 0 Å². The summed E-state index contributed by atoms with van der Waals surface area (Å²) in [7, 11) is -3.53. The van der Waals surface area contributed by atoms with Crippen LogP contribution in [0.1, 0.15) is 50.4 Å². The number of fused-ring (bicyclic) bond motifs is 1. The standard InChI is InChI=1S/C19H25FN4O2S/c1-19(2)11-17(22-27(25,26)23-8-3-4-9-23)16-13-21-24(18(16)12-19)15-7-5-6-14(20)10-15/h5-7,10,13,17,22H,3-4,8-9,11-12H2,1-2H3/t17-/m0/s1. The fraction of sp³-hybridized carbons (Fsp3) is 0.526. The fourth-order valence-corrected chi connectivity index (χ4v) is 5.62. The zero-order chi connectivity index (χ0) is 19.2. The Morgan fingerprint density at radius 3 is 2.70 bits per heavy atom. The first-order valence-corrected chi connectivity index (χ1v) is 10.8. The van der Waals surface area contributed by atoms with E-state index in [9.17, 15) is 12.8 Å². The minimum absolute atomic E-state index is 0.101. The average molecular weight is 393 g/mol. The van der Waals surface area contributed by atoms with Crippen molar-refractivity contribution < 1.29 is 12.8 Å². The maximum absolute atomic E-state index is 13.7. The van der Waals surface area contributed by atoms with Gasteiger partial charge in [-0.3, -0.25) is 0 Å². The number of hydrogen-bond acceptors (Lipinski definition) is 3. The molecule has 0 radical (unpaired) electrons. The number of nitrogens with one attached hydrogen (secondary N) is 1. The second-order valence-electron chi connectivity index (χ2n) is 8.27. The average Bonchev–Trinajstić information content (AvgIpc) is 3.23. The van der Waals surface area contributed by atoms with Crippen molar-refractivity contribution in [3.8, 4) is 5.69 Å². The molecule has 146 valence electrons. The number of aromatic nitrogens is 2. The summed E-state index contributed by atoms with van der Waals surface area (Å²) in [6, 6.07) is 5.97. The molecule has 1 N–H and O–H groups in total. The van der Waals surface area contributed by atoms with Crippen LogP contribution in [0.2, 0.25) is 0 Å². The quantitative estimate of drug-likeness (QED) is 0.870. The Morgan fingerprint density at radius 1 is 1.26 bits per heavy atom. The first kappa shape index (κ1) is 18.6. The van der Waals surface area contributed by atoms with E-state index in [-0.39, 0.29) is 17.3 Å². The second-order valence-corrected chi connectivity index (χ2v) is 9.97. The largest absolute Gasteiger partial charge is 0.280 e. The van der Waals surface area contributed by atoms with Crippen LogP contribution in [0.3, 0.4) is 0 Å². The van der Waals surface area contributed by atoms with E-state index in [1.807, 2.05) is 0 Å². The number of rotatable bonds is 4. The van der Waals surface area contributed by atoms with Gasteiger partial charge in [0.15, 0.2) is 0 Å². The lowest BCUT2D eigenvalue weighted by Gasteiger charge is -2.36. The summed E-state index contributed by atoms with van der Waals surface area (Å²) in [6.45, 7) is 5.38. The summed E-state index contributed by atoms with van der Waals surface area (Å²) in [5, 5.41) is 4.45. The van der Waals surface area contributed by atoms with Gasteiger partial charge in [-0.05, 0) is 49.3 Å². The van der Waals surface area contributed by atoms with E-state index in [0.29, 0.717) is 25.2 Å². The first-order valence-electron chi connectivity index (χ1n) is 9.35. The van der Waals surface area contributed by atoms with Crippen molar-refractivity contribution in [3.05, 3.63) is 47.5 Å². The van der Waals surface area contributed by atoms with Gasteiger partial charge in [0.05, 0.1) is 17.9 Å².